The van der Waals surface area contributed by atoms with Gasteiger partial charge in [-0.25, -0.2) is 4.98 Å². The Kier molecular flexibility index (Phi) is 2.92. The summed E-state index contributed by atoms with van der Waals surface area (Å²) in [6, 6.07) is 7.54. The Morgan fingerprint density at radius 1 is 1.31 bits per heavy atom. The lowest BCUT2D eigenvalue weighted by Crippen LogP contribution is -1.85. The maximum atomic E-state index is 8.93. The van der Waals surface area contributed by atoms with Gasteiger partial charge in [0.05, 0.1) is 7.11 Å². The molecule has 0 unspecified atom stereocenters. The molecule has 0 aliphatic rings. The monoisotopic (exact) mass is 219 g/mol. The highest BCUT2D eigenvalue weighted by atomic mass is 16.5. The van der Waals surface area contributed by atoms with Crippen molar-refractivity contribution < 1.29 is 14.3 Å². The smallest absolute Gasteiger partial charge is 0.220 e. The first-order valence-electron chi connectivity index (χ1n) is 4.96. The van der Waals surface area contributed by atoms with Gasteiger partial charge in [0.2, 0.25) is 5.89 Å². The van der Waals surface area contributed by atoms with Crippen LogP contribution in [0.4, 0.5) is 0 Å². The highest BCUT2D eigenvalue weighted by Gasteiger charge is 2.10. The van der Waals surface area contributed by atoms with Crippen LogP contribution in [0.3, 0.4) is 0 Å². The molecular weight excluding hydrogens is 206 g/mol. The number of aromatic nitrogens is 1. The molecule has 2 aromatic rings. The summed E-state index contributed by atoms with van der Waals surface area (Å²) in [7, 11) is 1.63. The van der Waals surface area contributed by atoms with Gasteiger partial charge in [0.15, 0.2) is 0 Å². The molecule has 0 radical (unpaired) electrons. The third kappa shape index (κ3) is 1.92. The van der Waals surface area contributed by atoms with Crippen molar-refractivity contribution in [2.75, 3.05) is 7.11 Å². The van der Waals surface area contributed by atoms with Crippen LogP contribution in [0, 0.1) is 6.92 Å². The molecule has 0 aliphatic carbocycles. The van der Waals surface area contributed by atoms with Gasteiger partial charge in [-0.15, -0.1) is 0 Å². The normalized spacial score (nSPS) is 10.4. The fourth-order valence-electron chi connectivity index (χ4n) is 1.54. The first-order chi connectivity index (χ1) is 7.74. The zero-order valence-electron chi connectivity index (χ0n) is 9.23. The van der Waals surface area contributed by atoms with Gasteiger partial charge in [0, 0.05) is 5.56 Å². The summed E-state index contributed by atoms with van der Waals surface area (Å²) in [4.78, 5) is 4.20. The summed E-state index contributed by atoms with van der Waals surface area (Å²) in [6.45, 7) is 1.64. The average Bonchev–Trinajstić information content (AvgIpc) is 2.71. The van der Waals surface area contributed by atoms with Crippen molar-refractivity contribution in [2.24, 2.45) is 0 Å². The van der Waals surface area contributed by atoms with E-state index in [0.29, 0.717) is 11.7 Å². The van der Waals surface area contributed by atoms with Gasteiger partial charge in [-0.05, 0) is 31.2 Å². The van der Waals surface area contributed by atoms with Crippen LogP contribution >= 0.6 is 0 Å². The molecule has 0 saturated carbocycles. The molecule has 0 fully saturated rings. The van der Waals surface area contributed by atoms with Crippen LogP contribution in [0.2, 0.25) is 0 Å². The van der Waals surface area contributed by atoms with E-state index >= 15 is 0 Å². The number of aryl methyl sites for hydroxylation is 1. The third-order valence-corrected chi connectivity index (χ3v) is 2.34. The number of oxazole rings is 1. The Labute approximate surface area is 93.5 Å². The Hall–Kier alpha value is -1.81. The van der Waals surface area contributed by atoms with Gasteiger partial charge >= 0.3 is 0 Å². The number of nitrogens with zero attached hydrogens (tertiary/aromatic N) is 1. The van der Waals surface area contributed by atoms with Gasteiger partial charge in [0.1, 0.15) is 23.8 Å². The summed E-state index contributed by atoms with van der Waals surface area (Å²) in [6.07, 6.45) is 0. The topological polar surface area (TPSA) is 55.5 Å². The predicted molar refractivity (Wildman–Crippen MR) is 59.2 cm³/mol. The second-order valence-electron chi connectivity index (χ2n) is 3.40. The van der Waals surface area contributed by atoms with E-state index in [2.05, 4.69) is 4.98 Å². The lowest BCUT2D eigenvalue weighted by atomic mass is 10.1. The van der Waals surface area contributed by atoms with Crippen LogP contribution < -0.4 is 4.74 Å². The van der Waals surface area contributed by atoms with Gasteiger partial charge in [-0.3, -0.25) is 0 Å². The van der Waals surface area contributed by atoms with Crippen molar-refractivity contribution in [1.29, 1.82) is 0 Å². The Balaban J connectivity index is 2.38. The van der Waals surface area contributed by atoms with Crippen molar-refractivity contribution >= 4 is 0 Å². The number of hydrogen-bond acceptors (Lipinski definition) is 4. The van der Waals surface area contributed by atoms with Gasteiger partial charge in [-0.1, -0.05) is 0 Å². The van der Waals surface area contributed by atoms with E-state index in [-0.39, 0.29) is 6.61 Å². The first kappa shape index (κ1) is 10.7. The maximum Gasteiger partial charge on any atom is 0.220 e. The quantitative estimate of drug-likeness (QED) is 0.859. The number of methoxy groups -OCH3 is 1. The Morgan fingerprint density at radius 3 is 2.50 bits per heavy atom. The second-order valence-corrected chi connectivity index (χ2v) is 3.40. The Morgan fingerprint density at radius 2 is 2.00 bits per heavy atom. The first-order valence-corrected chi connectivity index (χ1v) is 4.96. The molecule has 1 aromatic carbocycles. The van der Waals surface area contributed by atoms with E-state index in [0.717, 1.165) is 17.0 Å². The van der Waals surface area contributed by atoms with E-state index in [4.69, 9.17) is 14.3 Å². The van der Waals surface area contributed by atoms with E-state index in [1.54, 1.807) is 7.11 Å². The molecule has 0 spiro atoms. The van der Waals surface area contributed by atoms with Crippen molar-refractivity contribution in [2.45, 2.75) is 13.5 Å². The highest BCUT2D eigenvalue weighted by Crippen LogP contribution is 2.25. The SMILES string of the molecule is COc1ccc(-c2nc(CO)oc2C)cc1. The molecule has 84 valence electrons. The highest BCUT2D eigenvalue weighted by molar-refractivity contribution is 5.61. The standard InChI is InChI=1S/C12H13NO3/c1-8-12(13-11(7-14)16-8)9-3-5-10(15-2)6-4-9/h3-6,14H,7H2,1-2H3. The summed E-state index contributed by atoms with van der Waals surface area (Å²) in [5.41, 5.74) is 1.70. The number of aliphatic hydroxyl groups is 1. The molecule has 0 aliphatic heterocycles. The van der Waals surface area contributed by atoms with Crippen LogP contribution in [0.1, 0.15) is 11.7 Å². The lowest BCUT2D eigenvalue weighted by molar-refractivity contribution is 0.238. The number of ether oxygens (including phenoxy) is 1. The second kappa shape index (κ2) is 4.37. The number of rotatable bonds is 3. The molecule has 1 heterocycles. The minimum absolute atomic E-state index is 0.184. The van der Waals surface area contributed by atoms with Gasteiger partial charge < -0.3 is 14.3 Å². The molecule has 0 bridgehead atoms. The minimum Gasteiger partial charge on any atom is -0.497 e. The van der Waals surface area contributed by atoms with Crippen LogP contribution in [-0.2, 0) is 6.61 Å². The molecule has 0 saturated heterocycles. The third-order valence-electron chi connectivity index (χ3n) is 2.34. The van der Waals surface area contributed by atoms with Gasteiger partial charge in [-0.2, -0.15) is 0 Å². The van der Waals surface area contributed by atoms with Crippen LogP contribution in [-0.4, -0.2) is 17.2 Å². The molecule has 1 aromatic heterocycles. The molecule has 1 N–H and O–H groups in total. The zero-order valence-corrected chi connectivity index (χ0v) is 9.23. The zero-order chi connectivity index (χ0) is 11.5. The van der Waals surface area contributed by atoms with Gasteiger partial charge in [0.25, 0.3) is 0 Å². The molecular formula is C12H13NO3. The Bertz CT molecular complexity index is 474. The van der Waals surface area contributed by atoms with E-state index in [1.807, 2.05) is 31.2 Å². The molecule has 0 amide bonds. The average molecular weight is 219 g/mol. The number of aliphatic hydroxyl groups excluding tert-OH is 1. The molecule has 4 nitrogen and oxygen atoms in total. The molecule has 0 atom stereocenters. The van der Waals surface area contributed by atoms with Crippen molar-refractivity contribution in [1.82, 2.24) is 4.98 Å². The summed E-state index contributed by atoms with van der Waals surface area (Å²) < 4.78 is 10.4. The van der Waals surface area contributed by atoms with Crippen molar-refractivity contribution in [3.63, 3.8) is 0 Å². The van der Waals surface area contributed by atoms with Crippen LogP contribution in [0.15, 0.2) is 28.7 Å². The largest absolute Gasteiger partial charge is 0.497 e. The maximum absolute atomic E-state index is 8.93. The summed E-state index contributed by atoms with van der Waals surface area (Å²) >= 11 is 0. The summed E-state index contributed by atoms with van der Waals surface area (Å²) in [5.74, 6) is 1.84. The predicted octanol–water partition coefficient (Wildman–Crippen LogP) is 2.15. The molecule has 4 heteroatoms. The molecule has 2 rings (SSSR count). The molecule has 16 heavy (non-hydrogen) atoms. The van der Waals surface area contributed by atoms with Crippen LogP contribution in [0.5, 0.6) is 5.75 Å². The number of hydrogen-bond donors (Lipinski definition) is 1. The van der Waals surface area contributed by atoms with Crippen molar-refractivity contribution in [3.8, 4) is 17.0 Å². The lowest BCUT2D eigenvalue weighted by Gasteiger charge is -2.00. The van der Waals surface area contributed by atoms with E-state index in [1.165, 1.54) is 0 Å². The minimum atomic E-state index is -0.184. The number of benzene rings is 1. The van der Waals surface area contributed by atoms with Crippen LogP contribution in [0.25, 0.3) is 11.3 Å². The fraction of sp³-hybridized carbons (Fsp3) is 0.250. The fourth-order valence-corrected chi connectivity index (χ4v) is 1.54. The van der Waals surface area contributed by atoms with E-state index < -0.39 is 0 Å². The van der Waals surface area contributed by atoms with E-state index in [9.17, 15) is 0 Å². The van der Waals surface area contributed by atoms with Crippen molar-refractivity contribution in [3.05, 3.63) is 35.9 Å². The summed E-state index contributed by atoms with van der Waals surface area (Å²) in [5, 5.41) is 8.93.